The second kappa shape index (κ2) is 8.08. The van der Waals surface area contributed by atoms with Crippen molar-refractivity contribution in [2.75, 3.05) is 23.4 Å². The van der Waals surface area contributed by atoms with Crippen LogP contribution < -0.4 is 15.8 Å². The van der Waals surface area contributed by atoms with Crippen LogP contribution in [0.1, 0.15) is 31.4 Å². The molecule has 10 nitrogen and oxygen atoms in total. The average molecular weight is 438 g/mol. The van der Waals surface area contributed by atoms with Crippen LogP contribution in [-0.2, 0) is 0 Å². The number of nitrogens with one attached hydrogen (secondary N) is 3. The molecule has 4 aromatic rings. The zero-order chi connectivity index (χ0) is 22.2. The molecule has 32 heavy (non-hydrogen) atoms. The molecule has 1 aliphatic heterocycles. The number of imidazole rings is 1. The topological polar surface area (TPSA) is 127 Å². The molecule has 0 amide bonds. The summed E-state index contributed by atoms with van der Waals surface area (Å²) < 4.78 is 15.5. The van der Waals surface area contributed by atoms with Crippen LogP contribution in [0.4, 0.5) is 16.0 Å². The highest BCUT2D eigenvalue weighted by Crippen LogP contribution is 2.34. The van der Waals surface area contributed by atoms with Crippen LogP contribution in [0, 0.1) is 5.82 Å². The minimum atomic E-state index is -0.467. The van der Waals surface area contributed by atoms with Gasteiger partial charge in [-0.05, 0) is 31.9 Å². The number of hydrogen-bond acceptors (Lipinski definition) is 7. The van der Waals surface area contributed by atoms with Gasteiger partial charge in [0.1, 0.15) is 23.3 Å². The summed E-state index contributed by atoms with van der Waals surface area (Å²) in [5.74, 6) is 1.49. The fourth-order valence-corrected chi connectivity index (χ4v) is 4.11. The Bertz CT molecular complexity index is 1310. The lowest BCUT2D eigenvalue weighted by molar-refractivity contribution is 0.281. The molecule has 0 bridgehead atoms. The summed E-state index contributed by atoms with van der Waals surface area (Å²) in [6, 6.07) is 2.77. The summed E-state index contributed by atoms with van der Waals surface area (Å²) in [7, 11) is 0. The molecule has 5 heterocycles. The van der Waals surface area contributed by atoms with E-state index in [1.807, 2.05) is 24.1 Å². The smallest absolute Gasteiger partial charge is 0.253 e. The van der Waals surface area contributed by atoms with Gasteiger partial charge in [-0.3, -0.25) is 4.79 Å². The Hall–Kier alpha value is -3.73. The van der Waals surface area contributed by atoms with E-state index in [0.717, 1.165) is 24.6 Å². The number of rotatable bonds is 6. The van der Waals surface area contributed by atoms with Crippen LogP contribution in [0.2, 0.25) is 0 Å². The van der Waals surface area contributed by atoms with Gasteiger partial charge in [-0.15, -0.1) is 0 Å². The van der Waals surface area contributed by atoms with E-state index in [1.165, 1.54) is 6.07 Å². The molecular formula is C21H23FN8O2. The third-order valence-electron chi connectivity index (χ3n) is 5.66. The van der Waals surface area contributed by atoms with Crippen LogP contribution in [0.25, 0.3) is 17.0 Å². The predicted octanol–water partition coefficient (Wildman–Crippen LogP) is 2.08. The van der Waals surface area contributed by atoms with Gasteiger partial charge in [0.05, 0.1) is 30.6 Å². The number of anilines is 2. The number of aliphatic hydroxyl groups is 1. The zero-order valence-corrected chi connectivity index (χ0v) is 17.4. The molecule has 1 saturated heterocycles. The molecule has 5 rings (SSSR count). The first-order valence-electron chi connectivity index (χ1n) is 10.5. The number of pyridine rings is 1. The first-order valence-corrected chi connectivity index (χ1v) is 10.5. The maximum absolute atomic E-state index is 13.8. The third-order valence-corrected chi connectivity index (χ3v) is 5.66. The van der Waals surface area contributed by atoms with Crippen molar-refractivity contribution < 1.29 is 9.50 Å². The first kappa shape index (κ1) is 20.2. The maximum atomic E-state index is 13.8. The van der Waals surface area contributed by atoms with Crippen molar-refractivity contribution in [1.82, 2.24) is 29.5 Å². The molecule has 0 radical (unpaired) electrons. The molecule has 0 spiro atoms. The summed E-state index contributed by atoms with van der Waals surface area (Å²) in [5.41, 5.74) is 1.44. The van der Waals surface area contributed by atoms with Gasteiger partial charge in [0.25, 0.3) is 5.56 Å². The molecule has 1 aliphatic rings. The Morgan fingerprint density at radius 3 is 3.12 bits per heavy atom. The lowest BCUT2D eigenvalue weighted by atomic mass is 10.1. The third kappa shape index (κ3) is 3.60. The molecule has 166 valence electrons. The molecule has 1 fully saturated rings. The maximum Gasteiger partial charge on any atom is 0.253 e. The van der Waals surface area contributed by atoms with E-state index in [4.69, 9.17) is 4.98 Å². The summed E-state index contributed by atoms with van der Waals surface area (Å²) in [5, 5.41) is 16.7. The molecular weight excluding hydrogens is 415 g/mol. The van der Waals surface area contributed by atoms with Gasteiger partial charge in [0, 0.05) is 30.5 Å². The number of H-pyrrole nitrogens is 2. The van der Waals surface area contributed by atoms with E-state index in [1.54, 1.807) is 16.9 Å². The number of halogens is 1. The van der Waals surface area contributed by atoms with E-state index < -0.39 is 5.82 Å². The van der Waals surface area contributed by atoms with Gasteiger partial charge in [0.15, 0.2) is 5.65 Å². The number of nitrogens with zero attached hydrogens (tertiary/aromatic N) is 5. The number of aliphatic hydroxyl groups excluding tert-OH is 1. The molecule has 1 unspecified atom stereocenters. The van der Waals surface area contributed by atoms with Crippen molar-refractivity contribution in [3.63, 3.8) is 0 Å². The Balaban J connectivity index is 1.50. The van der Waals surface area contributed by atoms with Crippen LogP contribution in [0.15, 0.2) is 41.7 Å². The minimum Gasteiger partial charge on any atom is -0.394 e. The predicted molar refractivity (Wildman–Crippen MR) is 117 cm³/mol. The fraction of sp³-hybridized carbons (Fsp3) is 0.333. The molecule has 11 heteroatoms. The monoisotopic (exact) mass is 438 g/mol. The normalized spacial score (nSPS) is 17.2. The number of aromatic nitrogens is 6. The Labute approximate surface area is 182 Å². The highest BCUT2D eigenvalue weighted by Gasteiger charge is 2.30. The molecule has 4 aromatic heterocycles. The quantitative estimate of drug-likeness (QED) is 0.363. The standard InChI is InChI=1S/C21H23FN8O2/c1-12(11-31)26-17-10-23-19(27-17)15-9-25-30-6-4-18(28-20(15)30)29-5-2-3-16(29)14-7-13(22)8-24-21(14)32/h4,6-10,12,16,26,31H,2-3,5,11H2,1H3,(H,23,27)(H,24,32)/t12?,16-/m1/s1. The molecule has 0 saturated carbocycles. The second-order valence-electron chi connectivity index (χ2n) is 7.94. The van der Waals surface area contributed by atoms with Crippen LogP contribution in [0.3, 0.4) is 0 Å². The van der Waals surface area contributed by atoms with Gasteiger partial charge in [0.2, 0.25) is 0 Å². The number of hydrogen-bond donors (Lipinski definition) is 4. The second-order valence-corrected chi connectivity index (χ2v) is 7.94. The van der Waals surface area contributed by atoms with Crippen molar-refractivity contribution in [3.8, 4) is 11.4 Å². The van der Waals surface area contributed by atoms with Gasteiger partial charge < -0.3 is 25.3 Å². The molecule has 2 atom stereocenters. The van der Waals surface area contributed by atoms with Crippen molar-refractivity contribution in [1.29, 1.82) is 0 Å². The van der Waals surface area contributed by atoms with Crippen molar-refractivity contribution in [3.05, 3.63) is 58.7 Å². The van der Waals surface area contributed by atoms with Gasteiger partial charge in [-0.1, -0.05) is 0 Å². The number of fused-ring (bicyclic) bond motifs is 1. The summed E-state index contributed by atoms with van der Waals surface area (Å²) >= 11 is 0. The fourth-order valence-electron chi connectivity index (χ4n) is 4.11. The zero-order valence-electron chi connectivity index (χ0n) is 17.4. The van der Waals surface area contributed by atoms with E-state index in [-0.39, 0.29) is 24.2 Å². The highest BCUT2D eigenvalue weighted by atomic mass is 19.1. The Morgan fingerprint density at radius 2 is 2.28 bits per heavy atom. The average Bonchev–Trinajstić information content (AvgIpc) is 3.54. The summed E-state index contributed by atoms with van der Waals surface area (Å²) in [4.78, 5) is 29.2. The van der Waals surface area contributed by atoms with Crippen LogP contribution in [-0.4, -0.2) is 53.9 Å². The Morgan fingerprint density at radius 1 is 1.41 bits per heavy atom. The summed E-state index contributed by atoms with van der Waals surface area (Å²) in [6.07, 6.45) is 7.83. The molecule has 4 N–H and O–H groups in total. The minimum absolute atomic E-state index is 0.00112. The van der Waals surface area contributed by atoms with Crippen molar-refractivity contribution in [2.24, 2.45) is 0 Å². The molecule has 0 aliphatic carbocycles. The van der Waals surface area contributed by atoms with E-state index in [9.17, 15) is 14.3 Å². The van der Waals surface area contributed by atoms with Crippen molar-refractivity contribution >= 4 is 17.3 Å². The van der Waals surface area contributed by atoms with Gasteiger partial charge >= 0.3 is 0 Å². The van der Waals surface area contributed by atoms with E-state index in [2.05, 4.69) is 25.4 Å². The molecule has 0 aromatic carbocycles. The SMILES string of the molecule is CC(CO)Nc1cnc(-c2cnn3ccc(N4CCC[C@@H]4c4cc(F)c[nH]c4=O)nc23)[nH]1. The number of aromatic amines is 2. The van der Waals surface area contributed by atoms with E-state index >= 15 is 0 Å². The van der Waals surface area contributed by atoms with Crippen LogP contribution >= 0.6 is 0 Å². The lowest BCUT2D eigenvalue weighted by Crippen LogP contribution is -2.28. The lowest BCUT2D eigenvalue weighted by Gasteiger charge is -2.25. The van der Waals surface area contributed by atoms with Gasteiger partial charge in [-0.25, -0.2) is 18.9 Å². The van der Waals surface area contributed by atoms with E-state index in [0.29, 0.717) is 35.2 Å². The van der Waals surface area contributed by atoms with Gasteiger partial charge in [-0.2, -0.15) is 5.10 Å². The first-order chi connectivity index (χ1) is 15.5. The van der Waals surface area contributed by atoms with Crippen LogP contribution in [0.5, 0.6) is 0 Å². The highest BCUT2D eigenvalue weighted by molar-refractivity contribution is 5.74. The largest absolute Gasteiger partial charge is 0.394 e. The Kier molecular flexibility index (Phi) is 5.10. The summed E-state index contributed by atoms with van der Waals surface area (Å²) in [6.45, 7) is 2.57. The van der Waals surface area contributed by atoms with Crippen molar-refractivity contribution in [2.45, 2.75) is 31.8 Å².